The molecular weight excluding hydrogens is 180 g/mol. The molecule has 0 spiro atoms. The second kappa shape index (κ2) is 4.31. The van der Waals surface area contributed by atoms with Gasteiger partial charge >= 0.3 is 0 Å². The second-order valence-corrected chi connectivity index (χ2v) is 4.01. The van der Waals surface area contributed by atoms with Crippen molar-refractivity contribution in [2.45, 2.75) is 19.8 Å². The van der Waals surface area contributed by atoms with Crippen molar-refractivity contribution in [3.8, 4) is 0 Å². The van der Waals surface area contributed by atoms with Crippen LogP contribution in [0, 0.1) is 6.92 Å². The third-order valence-electron chi connectivity index (χ3n) is 2.70. The Morgan fingerprint density at radius 2 is 1.80 bits per heavy atom. The molecule has 0 aliphatic rings. The lowest BCUT2D eigenvalue weighted by molar-refractivity contribution is 1.01. The Bertz CT molecular complexity index is 480. The van der Waals surface area contributed by atoms with E-state index in [1.807, 2.05) is 6.08 Å². The molecule has 0 aliphatic carbocycles. The highest BCUT2D eigenvalue weighted by atomic mass is 14.0. The molecular formula is C15H16. The fourth-order valence-corrected chi connectivity index (χ4v) is 1.84. The summed E-state index contributed by atoms with van der Waals surface area (Å²) in [5, 5.41) is 2.67. The van der Waals surface area contributed by atoms with E-state index in [4.69, 9.17) is 0 Å². The van der Waals surface area contributed by atoms with E-state index in [2.05, 4.69) is 49.9 Å². The zero-order valence-corrected chi connectivity index (χ0v) is 9.16. The summed E-state index contributed by atoms with van der Waals surface area (Å²) in [6.07, 6.45) is 4.12. The summed E-state index contributed by atoms with van der Waals surface area (Å²) in [5.74, 6) is 0. The Hall–Kier alpha value is -1.56. The zero-order chi connectivity index (χ0) is 10.7. The molecule has 2 aromatic rings. The topological polar surface area (TPSA) is 0 Å². The molecule has 0 unspecified atom stereocenters. The maximum atomic E-state index is 3.75. The monoisotopic (exact) mass is 196 g/mol. The van der Waals surface area contributed by atoms with Crippen molar-refractivity contribution >= 4 is 10.8 Å². The molecule has 0 radical (unpaired) electrons. The molecule has 0 aromatic heterocycles. The molecule has 2 aromatic carbocycles. The molecule has 0 aliphatic heterocycles. The van der Waals surface area contributed by atoms with Crippen molar-refractivity contribution in [2.75, 3.05) is 0 Å². The van der Waals surface area contributed by atoms with Gasteiger partial charge in [-0.25, -0.2) is 0 Å². The summed E-state index contributed by atoms with van der Waals surface area (Å²) in [4.78, 5) is 0. The molecule has 0 saturated carbocycles. The van der Waals surface area contributed by atoms with Crippen LogP contribution in [-0.2, 0) is 6.42 Å². The SMILES string of the molecule is C=CCCc1ccc2cc(C)ccc2c1. The van der Waals surface area contributed by atoms with Gasteiger partial charge in [0.15, 0.2) is 0 Å². The van der Waals surface area contributed by atoms with Gasteiger partial charge in [0.25, 0.3) is 0 Å². The summed E-state index contributed by atoms with van der Waals surface area (Å²) in [7, 11) is 0. The summed E-state index contributed by atoms with van der Waals surface area (Å²) in [6.45, 7) is 5.88. The van der Waals surface area contributed by atoms with Crippen molar-refractivity contribution in [3.63, 3.8) is 0 Å². The summed E-state index contributed by atoms with van der Waals surface area (Å²) >= 11 is 0. The van der Waals surface area contributed by atoms with E-state index in [9.17, 15) is 0 Å². The van der Waals surface area contributed by atoms with E-state index in [-0.39, 0.29) is 0 Å². The van der Waals surface area contributed by atoms with Crippen LogP contribution in [0.3, 0.4) is 0 Å². The number of hydrogen-bond acceptors (Lipinski definition) is 0. The first-order valence-corrected chi connectivity index (χ1v) is 5.40. The van der Waals surface area contributed by atoms with Gasteiger partial charge in [-0.1, -0.05) is 48.0 Å². The van der Waals surface area contributed by atoms with E-state index in [0.29, 0.717) is 0 Å². The van der Waals surface area contributed by atoms with Gasteiger partial charge in [-0.3, -0.25) is 0 Å². The lowest BCUT2D eigenvalue weighted by atomic mass is 10.0. The molecule has 15 heavy (non-hydrogen) atoms. The first-order valence-electron chi connectivity index (χ1n) is 5.40. The van der Waals surface area contributed by atoms with Gasteiger partial charge in [-0.2, -0.15) is 0 Å². The third-order valence-corrected chi connectivity index (χ3v) is 2.70. The normalized spacial score (nSPS) is 10.5. The Morgan fingerprint density at radius 1 is 1.07 bits per heavy atom. The average molecular weight is 196 g/mol. The standard InChI is InChI=1S/C15H16/c1-3-4-5-13-7-9-14-10-12(2)6-8-15(14)11-13/h3,6-11H,1,4-5H2,2H3. The van der Waals surface area contributed by atoms with Gasteiger partial charge in [0.2, 0.25) is 0 Å². The molecule has 0 N–H and O–H groups in total. The van der Waals surface area contributed by atoms with Crippen LogP contribution in [0.5, 0.6) is 0 Å². The van der Waals surface area contributed by atoms with Gasteiger partial charge in [0.1, 0.15) is 0 Å². The van der Waals surface area contributed by atoms with Crippen LogP contribution in [0.25, 0.3) is 10.8 Å². The van der Waals surface area contributed by atoms with Gasteiger partial charge in [0, 0.05) is 0 Å². The quantitative estimate of drug-likeness (QED) is 0.643. The van der Waals surface area contributed by atoms with Crippen molar-refractivity contribution in [1.29, 1.82) is 0 Å². The Morgan fingerprint density at radius 3 is 2.60 bits per heavy atom. The van der Waals surface area contributed by atoms with Gasteiger partial charge < -0.3 is 0 Å². The predicted octanol–water partition coefficient (Wildman–Crippen LogP) is 4.27. The molecule has 0 heteroatoms. The van der Waals surface area contributed by atoms with Crippen LogP contribution in [0.15, 0.2) is 49.1 Å². The first-order chi connectivity index (χ1) is 7.29. The van der Waals surface area contributed by atoms with Crippen LogP contribution in [0.2, 0.25) is 0 Å². The molecule has 0 heterocycles. The number of benzene rings is 2. The molecule has 0 saturated heterocycles. The number of allylic oxidation sites excluding steroid dienone is 1. The largest absolute Gasteiger partial charge is 0.103 e. The highest BCUT2D eigenvalue weighted by molar-refractivity contribution is 5.83. The van der Waals surface area contributed by atoms with Crippen LogP contribution in [0.4, 0.5) is 0 Å². The number of aryl methyl sites for hydroxylation is 2. The van der Waals surface area contributed by atoms with Gasteiger partial charge in [0.05, 0.1) is 0 Å². The van der Waals surface area contributed by atoms with Crippen LogP contribution < -0.4 is 0 Å². The average Bonchev–Trinajstić information content (AvgIpc) is 2.26. The third kappa shape index (κ3) is 2.27. The molecule has 0 amide bonds. The summed E-state index contributed by atoms with van der Waals surface area (Å²) in [6, 6.07) is 13.3. The van der Waals surface area contributed by atoms with Crippen molar-refractivity contribution < 1.29 is 0 Å². The maximum Gasteiger partial charge on any atom is -0.0181 e. The van der Waals surface area contributed by atoms with E-state index in [0.717, 1.165) is 12.8 Å². The predicted molar refractivity (Wildman–Crippen MR) is 67.2 cm³/mol. The smallest absolute Gasteiger partial charge is 0.0181 e. The number of fused-ring (bicyclic) bond motifs is 1. The minimum atomic E-state index is 1.05. The summed E-state index contributed by atoms with van der Waals surface area (Å²) in [5.41, 5.74) is 2.72. The molecule has 0 bridgehead atoms. The highest BCUT2D eigenvalue weighted by Gasteiger charge is 1.96. The first kappa shape index (κ1) is 9.97. The highest BCUT2D eigenvalue weighted by Crippen LogP contribution is 2.18. The molecule has 0 fully saturated rings. The van der Waals surface area contributed by atoms with E-state index in [1.54, 1.807) is 0 Å². The van der Waals surface area contributed by atoms with Crippen LogP contribution in [0.1, 0.15) is 17.5 Å². The Balaban J connectivity index is 2.38. The number of hydrogen-bond donors (Lipinski definition) is 0. The molecule has 76 valence electrons. The van der Waals surface area contributed by atoms with Crippen LogP contribution >= 0.6 is 0 Å². The maximum absolute atomic E-state index is 3.75. The van der Waals surface area contributed by atoms with Gasteiger partial charge in [-0.05, 0) is 36.1 Å². The summed E-state index contributed by atoms with van der Waals surface area (Å²) < 4.78 is 0. The van der Waals surface area contributed by atoms with E-state index >= 15 is 0 Å². The van der Waals surface area contributed by atoms with Crippen molar-refractivity contribution in [2.24, 2.45) is 0 Å². The minimum Gasteiger partial charge on any atom is -0.103 e. The second-order valence-electron chi connectivity index (χ2n) is 4.01. The fourth-order valence-electron chi connectivity index (χ4n) is 1.84. The van der Waals surface area contributed by atoms with E-state index in [1.165, 1.54) is 21.9 Å². The van der Waals surface area contributed by atoms with Crippen molar-refractivity contribution in [3.05, 3.63) is 60.2 Å². The fraction of sp³-hybridized carbons (Fsp3) is 0.200. The lowest BCUT2D eigenvalue weighted by Gasteiger charge is -2.03. The van der Waals surface area contributed by atoms with Gasteiger partial charge in [-0.15, -0.1) is 6.58 Å². The molecule has 0 atom stereocenters. The Labute approximate surface area is 91.2 Å². The number of rotatable bonds is 3. The molecule has 0 nitrogen and oxygen atoms in total. The Kier molecular flexibility index (Phi) is 2.86. The minimum absolute atomic E-state index is 1.05. The van der Waals surface area contributed by atoms with E-state index < -0.39 is 0 Å². The van der Waals surface area contributed by atoms with Crippen molar-refractivity contribution in [1.82, 2.24) is 0 Å². The van der Waals surface area contributed by atoms with Crippen LogP contribution in [-0.4, -0.2) is 0 Å². The molecule has 2 rings (SSSR count). The zero-order valence-electron chi connectivity index (χ0n) is 9.16. The lowest BCUT2D eigenvalue weighted by Crippen LogP contribution is -1.84.